The highest BCUT2D eigenvalue weighted by Crippen LogP contribution is 2.27. The Bertz CT molecular complexity index is 551. The van der Waals surface area contributed by atoms with E-state index in [1.807, 2.05) is 19.1 Å². The van der Waals surface area contributed by atoms with Gasteiger partial charge in [-0.3, -0.25) is 0 Å². The van der Waals surface area contributed by atoms with E-state index in [0.717, 1.165) is 24.9 Å². The minimum Gasteiger partial charge on any atom is -0.313 e. The van der Waals surface area contributed by atoms with Crippen molar-refractivity contribution in [3.05, 3.63) is 29.8 Å². The molecule has 0 radical (unpaired) electrons. The molecule has 5 heteroatoms. The van der Waals surface area contributed by atoms with Crippen molar-refractivity contribution in [1.82, 2.24) is 9.62 Å². The summed E-state index contributed by atoms with van der Waals surface area (Å²) in [6.07, 6.45) is 4.77. The van der Waals surface area contributed by atoms with Crippen molar-refractivity contribution in [2.75, 3.05) is 20.1 Å². The van der Waals surface area contributed by atoms with Crippen LogP contribution in [0.3, 0.4) is 0 Å². The van der Waals surface area contributed by atoms with Gasteiger partial charge in [-0.1, -0.05) is 38.0 Å². The largest absolute Gasteiger partial charge is 0.313 e. The van der Waals surface area contributed by atoms with Crippen LogP contribution in [0.5, 0.6) is 0 Å². The van der Waals surface area contributed by atoms with Crippen LogP contribution in [-0.4, -0.2) is 32.9 Å². The van der Waals surface area contributed by atoms with Gasteiger partial charge in [0.05, 0.1) is 4.90 Å². The fourth-order valence-corrected chi connectivity index (χ4v) is 4.45. The van der Waals surface area contributed by atoms with Crippen molar-refractivity contribution >= 4 is 10.0 Å². The van der Waals surface area contributed by atoms with Crippen molar-refractivity contribution in [3.8, 4) is 0 Å². The first-order chi connectivity index (χ1) is 10.1. The zero-order chi connectivity index (χ0) is 15.3. The average Bonchev–Trinajstić information content (AvgIpc) is 2.98. The summed E-state index contributed by atoms with van der Waals surface area (Å²) >= 11 is 0. The highest BCUT2D eigenvalue weighted by molar-refractivity contribution is 7.89. The Labute approximate surface area is 128 Å². The maximum atomic E-state index is 12.8. The molecular weight excluding hydrogens is 284 g/mol. The summed E-state index contributed by atoms with van der Waals surface area (Å²) in [6.45, 7) is 4.07. The van der Waals surface area contributed by atoms with Crippen molar-refractivity contribution in [1.29, 1.82) is 0 Å². The summed E-state index contributed by atoms with van der Waals surface area (Å²) in [5.41, 5.74) is 0.845. The molecule has 1 aliphatic rings. The van der Waals surface area contributed by atoms with E-state index in [1.54, 1.807) is 19.2 Å². The Balaban J connectivity index is 2.17. The van der Waals surface area contributed by atoms with Crippen molar-refractivity contribution in [2.45, 2.75) is 44.0 Å². The molecule has 0 heterocycles. The summed E-state index contributed by atoms with van der Waals surface area (Å²) in [4.78, 5) is 0.437. The SMILES string of the molecule is CCNCc1ccccc1S(=O)(=O)N(C)CC1CCCC1. The van der Waals surface area contributed by atoms with Crippen molar-refractivity contribution in [3.63, 3.8) is 0 Å². The monoisotopic (exact) mass is 310 g/mol. The van der Waals surface area contributed by atoms with Gasteiger partial charge in [0.2, 0.25) is 10.0 Å². The third kappa shape index (κ3) is 4.05. The lowest BCUT2D eigenvalue weighted by Gasteiger charge is -2.22. The summed E-state index contributed by atoms with van der Waals surface area (Å²) in [7, 11) is -1.69. The standard InChI is InChI=1S/C16H26N2O2S/c1-3-17-12-15-10-6-7-11-16(15)21(19,20)18(2)13-14-8-4-5-9-14/h6-7,10-11,14,17H,3-5,8-9,12-13H2,1-2H3. The Kier molecular flexibility index (Phi) is 5.79. The van der Waals surface area contributed by atoms with Crippen LogP contribution in [0.2, 0.25) is 0 Å². The number of rotatable bonds is 7. The molecule has 1 aromatic carbocycles. The number of sulfonamides is 1. The van der Waals surface area contributed by atoms with Crippen LogP contribution in [0.1, 0.15) is 38.2 Å². The Morgan fingerprint density at radius 1 is 1.24 bits per heavy atom. The molecule has 0 saturated heterocycles. The van der Waals surface area contributed by atoms with Gasteiger partial charge in [-0.25, -0.2) is 12.7 Å². The third-order valence-electron chi connectivity index (χ3n) is 4.22. The van der Waals surface area contributed by atoms with E-state index in [9.17, 15) is 8.42 Å². The van der Waals surface area contributed by atoms with E-state index < -0.39 is 10.0 Å². The number of benzene rings is 1. The van der Waals surface area contributed by atoms with Gasteiger partial charge in [0, 0.05) is 20.1 Å². The van der Waals surface area contributed by atoms with Gasteiger partial charge in [0.25, 0.3) is 0 Å². The van der Waals surface area contributed by atoms with Crippen LogP contribution in [0.15, 0.2) is 29.2 Å². The van der Waals surface area contributed by atoms with E-state index >= 15 is 0 Å². The molecule has 0 aliphatic heterocycles. The number of hydrogen-bond acceptors (Lipinski definition) is 3. The second kappa shape index (κ2) is 7.38. The molecule has 0 atom stereocenters. The van der Waals surface area contributed by atoms with Gasteiger partial charge in [-0.15, -0.1) is 0 Å². The molecule has 1 saturated carbocycles. The molecule has 1 aromatic rings. The maximum Gasteiger partial charge on any atom is 0.243 e. The zero-order valence-electron chi connectivity index (χ0n) is 13.0. The fraction of sp³-hybridized carbons (Fsp3) is 0.625. The van der Waals surface area contributed by atoms with E-state index in [2.05, 4.69) is 5.32 Å². The Morgan fingerprint density at radius 3 is 2.57 bits per heavy atom. The predicted octanol–water partition coefficient (Wildman–Crippen LogP) is 2.61. The molecule has 2 rings (SSSR count). The minimum atomic E-state index is -3.39. The van der Waals surface area contributed by atoms with Gasteiger partial charge < -0.3 is 5.32 Å². The first-order valence-electron chi connectivity index (χ1n) is 7.80. The van der Waals surface area contributed by atoms with Crippen LogP contribution < -0.4 is 5.32 Å². The summed E-state index contributed by atoms with van der Waals surface area (Å²) in [6, 6.07) is 7.29. The van der Waals surface area contributed by atoms with E-state index in [1.165, 1.54) is 17.1 Å². The van der Waals surface area contributed by atoms with Crippen LogP contribution in [0.25, 0.3) is 0 Å². The molecule has 0 aromatic heterocycles. The van der Waals surface area contributed by atoms with Crippen LogP contribution >= 0.6 is 0 Å². The lowest BCUT2D eigenvalue weighted by Crippen LogP contribution is -2.32. The lowest BCUT2D eigenvalue weighted by molar-refractivity contribution is 0.387. The van der Waals surface area contributed by atoms with Crippen LogP contribution in [0.4, 0.5) is 0 Å². The normalized spacial score (nSPS) is 16.7. The third-order valence-corrected chi connectivity index (χ3v) is 6.14. The highest BCUT2D eigenvalue weighted by atomic mass is 32.2. The van der Waals surface area contributed by atoms with E-state index in [4.69, 9.17) is 0 Å². The summed E-state index contributed by atoms with van der Waals surface area (Å²) < 4.78 is 27.1. The van der Waals surface area contributed by atoms with Gasteiger partial charge in [-0.2, -0.15) is 0 Å². The Morgan fingerprint density at radius 2 is 1.90 bits per heavy atom. The Hall–Kier alpha value is -0.910. The first kappa shape index (κ1) is 16.5. The van der Waals surface area contributed by atoms with Crippen LogP contribution in [0, 0.1) is 5.92 Å². The van der Waals surface area contributed by atoms with Gasteiger partial charge in [0.15, 0.2) is 0 Å². The molecule has 1 N–H and O–H groups in total. The molecule has 0 unspecified atom stereocenters. The molecule has 0 amide bonds. The smallest absolute Gasteiger partial charge is 0.243 e. The fourth-order valence-electron chi connectivity index (χ4n) is 2.98. The summed E-state index contributed by atoms with van der Waals surface area (Å²) in [5.74, 6) is 0.519. The van der Waals surface area contributed by atoms with Crippen molar-refractivity contribution in [2.24, 2.45) is 5.92 Å². The second-order valence-electron chi connectivity index (χ2n) is 5.82. The molecule has 21 heavy (non-hydrogen) atoms. The maximum absolute atomic E-state index is 12.8. The summed E-state index contributed by atoms with van der Waals surface area (Å²) in [5, 5.41) is 3.21. The van der Waals surface area contributed by atoms with Gasteiger partial charge >= 0.3 is 0 Å². The quantitative estimate of drug-likeness (QED) is 0.842. The molecule has 1 aliphatic carbocycles. The number of nitrogens with one attached hydrogen (secondary N) is 1. The van der Waals surface area contributed by atoms with Crippen LogP contribution in [-0.2, 0) is 16.6 Å². The van der Waals surface area contributed by atoms with E-state index in [0.29, 0.717) is 23.9 Å². The highest BCUT2D eigenvalue weighted by Gasteiger charge is 2.27. The lowest BCUT2D eigenvalue weighted by atomic mass is 10.1. The van der Waals surface area contributed by atoms with Gasteiger partial charge in [-0.05, 0) is 36.9 Å². The molecule has 4 nitrogen and oxygen atoms in total. The van der Waals surface area contributed by atoms with Crippen molar-refractivity contribution < 1.29 is 8.42 Å². The van der Waals surface area contributed by atoms with Gasteiger partial charge in [0.1, 0.15) is 0 Å². The molecule has 1 fully saturated rings. The second-order valence-corrected chi connectivity index (χ2v) is 7.84. The zero-order valence-corrected chi connectivity index (χ0v) is 13.8. The van der Waals surface area contributed by atoms with E-state index in [-0.39, 0.29) is 0 Å². The minimum absolute atomic E-state index is 0.437. The number of nitrogens with zero attached hydrogens (tertiary/aromatic N) is 1. The number of hydrogen-bond donors (Lipinski definition) is 1. The molecule has 118 valence electrons. The molecular formula is C16H26N2O2S. The topological polar surface area (TPSA) is 49.4 Å². The molecule has 0 bridgehead atoms. The predicted molar refractivity (Wildman–Crippen MR) is 85.6 cm³/mol. The first-order valence-corrected chi connectivity index (χ1v) is 9.24. The molecule has 0 spiro atoms. The average molecular weight is 310 g/mol.